The van der Waals surface area contributed by atoms with E-state index in [2.05, 4.69) is 5.32 Å². The summed E-state index contributed by atoms with van der Waals surface area (Å²) in [5.74, 6) is -2.21. The number of carboxylic acid groups (broad SMARTS) is 1. The maximum Gasteiger partial charge on any atom is 0.305 e. The smallest absolute Gasteiger partial charge is 0.305 e. The van der Waals surface area contributed by atoms with Crippen molar-refractivity contribution in [1.29, 1.82) is 0 Å². The van der Waals surface area contributed by atoms with Crippen molar-refractivity contribution in [2.24, 2.45) is 5.92 Å². The van der Waals surface area contributed by atoms with Crippen LogP contribution >= 0.6 is 34.5 Å². The number of carbonyl (C=O) groups excluding carboxylic acids is 2. The lowest BCUT2D eigenvalue weighted by Gasteiger charge is -2.34. The summed E-state index contributed by atoms with van der Waals surface area (Å²) in [6.45, 7) is -0.0975. The van der Waals surface area contributed by atoms with Crippen molar-refractivity contribution in [2.45, 2.75) is 62.0 Å². The largest absolute Gasteiger partial charge is 0.481 e. The highest BCUT2D eigenvalue weighted by Crippen LogP contribution is 2.32. The summed E-state index contributed by atoms with van der Waals surface area (Å²) in [5, 5.41) is 14.4. The molecule has 13 heteroatoms. The third kappa shape index (κ3) is 6.51. The van der Waals surface area contributed by atoms with Crippen molar-refractivity contribution < 1.29 is 27.9 Å². The third-order valence-corrected chi connectivity index (χ3v) is 10.5. The van der Waals surface area contributed by atoms with E-state index in [0.29, 0.717) is 0 Å². The van der Waals surface area contributed by atoms with Gasteiger partial charge in [-0.2, -0.15) is 4.31 Å². The number of nitrogens with one attached hydrogen (secondary N) is 1. The molecule has 0 bridgehead atoms. The predicted molar refractivity (Wildman–Crippen MR) is 145 cm³/mol. The number of aliphatic carboxylic acids is 1. The Hall–Kier alpha value is -2.18. The first-order valence-electron chi connectivity index (χ1n) is 12.4. The van der Waals surface area contributed by atoms with E-state index in [4.69, 9.17) is 23.2 Å². The van der Waals surface area contributed by atoms with Crippen LogP contribution in [0.2, 0.25) is 10.0 Å². The average molecular weight is 603 g/mol. The molecule has 206 valence electrons. The number of hydrogen-bond acceptors (Lipinski definition) is 6. The van der Waals surface area contributed by atoms with E-state index in [0.717, 1.165) is 41.3 Å². The molecule has 1 aliphatic carbocycles. The minimum absolute atomic E-state index is 0.00979. The second-order valence-electron chi connectivity index (χ2n) is 9.52. The van der Waals surface area contributed by atoms with Gasteiger partial charge in [-0.05, 0) is 48.4 Å². The summed E-state index contributed by atoms with van der Waals surface area (Å²) >= 11 is 13.4. The third-order valence-electron chi connectivity index (χ3n) is 7.03. The molecule has 1 aromatic heterocycles. The van der Waals surface area contributed by atoms with Gasteiger partial charge in [-0.1, -0.05) is 48.5 Å². The molecule has 2 N–H and O–H groups in total. The second kappa shape index (κ2) is 12.3. The van der Waals surface area contributed by atoms with Crippen LogP contribution in [0.4, 0.5) is 0 Å². The first-order chi connectivity index (χ1) is 18.1. The number of nitrogens with zero attached hydrogens (tertiary/aromatic N) is 2. The number of hydrogen-bond donors (Lipinski definition) is 2. The van der Waals surface area contributed by atoms with E-state index in [1.807, 2.05) is 11.4 Å². The lowest BCUT2D eigenvalue weighted by atomic mass is 9.82. The molecule has 1 saturated carbocycles. The molecule has 2 atom stereocenters. The van der Waals surface area contributed by atoms with E-state index in [-0.39, 0.29) is 46.8 Å². The minimum Gasteiger partial charge on any atom is -0.481 e. The highest BCUT2D eigenvalue weighted by atomic mass is 35.5. The van der Waals surface area contributed by atoms with Crippen molar-refractivity contribution in [3.8, 4) is 0 Å². The van der Waals surface area contributed by atoms with Gasteiger partial charge in [-0.3, -0.25) is 14.4 Å². The van der Waals surface area contributed by atoms with Crippen LogP contribution in [0.3, 0.4) is 0 Å². The number of carboxylic acids is 1. The van der Waals surface area contributed by atoms with Gasteiger partial charge in [0.05, 0.1) is 27.8 Å². The molecule has 2 fully saturated rings. The predicted octanol–water partition coefficient (Wildman–Crippen LogP) is 4.00. The fraction of sp³-hybridized carbons (Fsp3) is 0.480. The number of halogens is 2. The average Bonchev–Trinajstić information content (AvgIpc) is 3.56. The van der Waals surface area contributed by atoms with Gasteiger partial charge in [0, 0.05) is 24.0 Å². The molecule has 1 aromatic carbocycles. The quantitative estimate of drug-likeness (QED) is 0.448. The zero-order chi connectivity index (χ0) is 27.4. The first kappa shape index (κ1) is 28.8. The summed E-state index contributed by atoms with van der Waals surface area (Å²) in [7, 11) is -4.26. The normalized spacial score (nSPS) is 19.8. The van der Waals surface area contributed by atoms with Crippen molar-refractivity contribution in [1.82, 2.24) is 14.5 Å². The van der Waals surface area contributed by atoms with E-state index < -0.39 is 40.0 Å². The molecule has 2 aromatic rings. The van der Waals surface area contributed by atoms with Crippen molar-refractivity contribution in [3.05, 3.63) is 50.6 Å². The number of sulfonamides is 1. The monoisotopic (exact) mass is 601 g/mol. The van der Waals surface area contributed by atoms with Crippen molar-refractivity contribution in [2.75, 3.05) is 13.1 Å². The van der Waals surface area contributed by atoms with Crippen LogP contribution in [-0.4, -0.2) is 65.8 Å². The van der Waals surface area contributed by atoms with Gasteiger partial charge in [0.25, 0.3) is 5.91 Å². The van der Waals surface area contributed by atoms with Gasteiger partial charge in [0.15, 0.2) is 6.17 Å². The van der Waals surface area contributed by atoms with E-state index >= 15 is 0 Å². The summed E-state index contributed by atoms with van der Waals surface area (Å²) in [4.78, 5) is 40.6. The summed E-state index contributed by atoms with van der Waals surface area (Å²) < 4.78 is 28.3. The molecule has 2 aliphatic rings. The Bertz CT molecular complexity index is 1280. The summed E-state index contributed by atoms with van der Waals surface area (Å²) in [6.07, 6.45) is 2.72. The highest BCUT2D eigenvalue weighted by molar-refractivity contribution is 7.89. The SMILES string of the molecule is O=C(O)CC(NC(=O)C1N(C(=O)Cc2cccs2)CCN1S(=O)(=O)c1ccc(Cl)c(Cl)c1)C1CCCCC1. The van der Waals surface area contributed by atoms with Crippen LogP contribution in [0, 0.1) is 5.92 Å². The molecular formula is C25H29Cl2N3O6S2. The van der Waals surface area contributed by atoms with Crippen LogP contribution in [0.1, 0.15) is 43.4 Å². The standard InChI is InChI=1S/C25H29Cl2N3O6S2/c26-19-9-8-18(14-20(19)27)38(35,36)30-11-10-29(22(31)13-17-7-4-12-37-17)25(30)24(34)28-21(15-23(32)33)16-5-2-1-3-6-16/h4,7-9,12,14,16,21,25H,1-3,5-6,10-11,13,15H2,(H,28,34)(H,32,33). The Morgan fingerprint density at radius 2 is 1.82 bits per heavy atom. The summed E-state index contributed by atoms with van der Waals surface area (Å²) in [6, 6.07) is 6.79. The van der Waals surface area contributed by atoms with Gasteiger partial charge in [0.1, 0.15) is 0 Å². The Morgan fingerprint density at radius 3 is 2.45 bits per heavy atom. The number of carbonyl (C=O) groups is 3. The first-order valence-corrected chi connectivity index (χ1v) is 15.5. The number of amides is 2. The van der Waals surface area contributed by atoms with Crippen LogP contribution < -0.4 is 5.32 Å². The zero-order valence-electron chi connectivity index (χ0n) is 20.5. The fourth-order valence-corrected chi connectivity index (χ4v) is 7.78. The minimum atomic E-state index is -4.26. The molecule has 2 heterocycles. The number of benzene rings is 1. The Morgan fingerprint density at radius 1 is 1.08 bits per heavy atom. The topological polar surface area (TPSA) is 124 Å². The molecular weight excluding hydrogens is 573 g/mol. The van der Waals surface area contributed by atoms with Gasteiger partial charge < -0.3 is 15.3 Å². The number of thiophene rings is 1. The number of rotatable bonds is 9. The van der Waals surface area contributed by atoms with Gasteiger partial charge >= 0.3 is 5.97 Å². The zero-order valence-corrected chi connectivity index (χ0v) is 23.7. The molecule has 2 amide bonds. The molecule has 1 aliphatic heterocycles. The lowest BCUT2D eigenvalue weighted by Crippen LogP contribution is -2.57. The molecule has 38 heavy (non-hydrogen) atoms. The molecule has 2 unspecified atom stereocenters. The highest BCUT2D eigenvalue weighted by Gasteiger charge is 2.47. The Kier molecular flexibility index (Phi) is 9.36. The second-order valence-corrected chi connectivity index (χ2v) is 13.3. The molecule has 4 rings (SSSR count). The fourth-order valence-electron chi connectivity index (χ4n) is 5.15. The molecule has 1 saturated heterocycles. The van der Waals surface area contributed by atoms with Crippen LogP contribution in [0.15, 0.2) is 40.6 Å². The summed E-state index contributed by atoms with van der Waals surface area (Å²) in [5.41, 5.74) is 0. The maximum atomic E-state index is 13.8. The van der Waals surface area contributed by atoms with E-state index in [1.54, 1.807) is 6.07 Å². The van der Waals surface area contributed by atoms with Gasteiger partial charge in [0.2, 0.25) is 15.9 Å². The van der Waals surface area contributed by atoms with Gasteiger partial charge in [-0.25, -0.2) is 8.42 Å². The van der Waals surface area contributed by atoms with E-state index in [9.17, 15) is 27.9 Å². The van der Waals surface area contributed by atoms with Crippen LogP contribution in [-0.2, 0) is 30.8 Å². The van der Waals surface area contributed by atoms with Crippen LogP contribution in [0.25, 0.3) is 0 Å². The molecule has 0 spiro atoms. The Balaban J connectivity index is 1.65. The Labute approximate surface area is 235 Å². The van der Waals surface area contributed by atoms with Gasteiger partial charge in [-0.15, -0.1) is 11.3 Å². The van der Waals surface area contributed by atoms with Crippen molar-refractivity contribution in [3.63, 3.8) is 0 Å². The lowest BCUT2D eigenvalue weighted by molar-refractivity contribution is -0.142. The maximum absolute atomic E-state index is 13.8. The molecule has 0 radical (unpaired) electrons. The molecule has 9 nitrogen and oxygen atoms in total. The van der Waals surface area contributed by atoms with E-state index in [1.165, 1.54) is 34.4 Å². The van der Waals surface area contributed by atoms with Crippen LogP contribution in [0.5, 0.6) is 0 Å². The van der Waals surface area contributed by atoms with Crippen molar-refractivity contribution >= 4 is 62.3 Å².